The lowest BCUT2D eigenvalue weighted by molar-refractivity contribution is -0.127. The number of methoxy groups -OCH3 is 1. The Morgan fingerprint density at radius 1 is 1.23 bits per heavy atom. The average molecular weight is 306 g/mol. The van der Waals surface area contributed by atoms with Crippen LogP contribution in [-0.2, 0) is 20.9 Å². The van der Waals surface area contributed by atoms with Gasteiger partial charge in [0.05, 0.1) is 26.2 Å². The van der Waals surface area contributed by atoms with Gasteiger partial charge in [0.2, 0.25) is 11.8 Å². The second-order valence-corrected chi connectivity index (χ2v) is 5.24. The van der Waals surface area contributed by atoms with E-state index in [0.717, 1.165) is 30.8 Å². The smallest absolute Gasteiger partial charge is 0.239 e. The molecule has 1 atom stereocenters. The van der Waals surface area contributed by atoms with Gasteiger partial charge >= 0.3 is 0 Å². The van der Waals surface area contributed by atoms with Crippen LogP contribution in [0, 0.1) is 0 Å². The Bertz CT molecular complexity index is 495. The number of nitrogens with one attached hydrogen (secondary N) is 2. The van der Waals surface area contributed by atoms with Crippen LogP contribution in [0.4, 0.5) is 0 Å². The summed E-state index contributed by atoms with van der Waals surface area (Å²) in [6.07, 6.45) is 2.24. The van der Waals surface area contributed by atoms with E-state index in [1.807, 2.05) is 24.3 Å². The summed E-state index contributed by atoms with van der Waals surface area (Å²) in [5.41, 5.74) is 0.972. The predicted octanol–water partition coefficient (Wildman–Crippen LogP) is 0.997. The highest BCUT2D eigenvalue weighted by Gasteiger charge is 2.19. The first-order valence-electron chi connectivity index (χ1n) is 7.45. The maximum absolute atomic E-state index is 11.7. The second-order valence-electron chi connectivity index (χ2n) is 5.24. The van der Waals surface area contributed by atoms with Gasteiger partial charge in [0.25, 0.3) is 0 Å². The summed E-state index contributed by atoms with van der Waals surface area (Å²) in [5.74, 6) is 0.416. The Balaban J connectivity index is 1.63. The molecule has 2 rings (SSSR count). The van der Waals surface area contributed by atoms with Gasteiger partial charge in [0, 0.05) is 13.2 Å². The van der Waals surface area contributed by atoms with Crippen molar-refractivity contribution >= 4 is 11.8 Å². The summed E-state index contributed by atoms with van der Waals surface area (Å²) in [6, 6.07) is 7.44. The van der Waals surface area contributed by atoms with Crippen molar-refractivity contribution in [3.8, 4) is 5.75 Å². The molecule has 1 aromatic rings. The molecule has 1 heterocycles. The Hall–Kier alpha value is -2.08. The summed E-state index contributed by atoms with van der Waals surface area (Å²) < 4.78 is 10.5. The molecule has 0 unspecified atom stereocenters. The molecule has 0 saturated carbocycles. The number of ether oxygens (including phenoxy) is 2. The van der Waals surface area contributed by atoms with Gasteiger partial charge in [-0.25, -0.2) is 0 Å². The summed E-state index contributed by atoms with van der Waals surface area (Å²) in [7, 11) is 1.61. The maximum Gasteiger partial charge on any atom is 0.239 e. The highest BCUT2D eigenvalue weighted by Crippen LogP contribution is 2.14. The Labute approximate surface area is 130 Å². The van der Waals surface area contributed by atoms with Crippen LogP contribution in [-0.4, -0.2) is 38.2 Å². The quantitative estimate of drug-likeness (QED) is 0.788. The molecule has 1 aromatic carbocycles. The van der Waals surface area contributed by atoms with E-state index in [2.05, 4.69) is 10.6 Å². The molecule has 0 bridgehead atoms. The minimum absolute atomic E-state index is 0.00219. The first-order chi connectivity index (χ1) is 10.7. The topological polar surface area (TPSA) is 76.7 Å². The summed E-state index contributed by atoms with van der Waals surface area (Å²) >= 11 is 0. The van der Waals surface area contributed by atoms with Gasteiger partial charge < -0.3 is 20.1 Å². The molecule has 120 valence electrons. The first kappa shape index (κ1) is 16.3. The van der Waals surface area contributed by atoms with Gasteiger partial charge in [-0.2, -0.15) is 0 Å². The normalized spacial score (nSPS) is 17.0. The standard InChI is InChI=1S/C16H22N2O4/c1-21-13-6-4-12(5-7-13)10-17-16(20)11-18-15(19)9-14-3-2-8-22-14/h4-7,14H,2-3,8-11H2,1H3,(H,17,20)(H,18,19)/t14-/m1/s1. The second kappa shape index (κ2) is 8.38. The van der Waals surface area contributed by atoms with E-state index in [4.69, 9.17) is 9.47 Å². The third-order valence-corrected chi connectivity index (χ3v) is 3.53. The zero-order valence-corrected chi connectivity index (χ0v) is 12.8. The zero-order valence-electron chi connectivity index (χ0n) is 12.8. The summed E-state index contributed by atoms with van der Waals surface area (Å²) in [6.45, 7) is 1.13. The molecular weight excluding hydrogens is 284 g/mol. The van der Waals surface area contributed by atoms with Gasteiger partial charge in [0.1, 0.15) is 5.75 Å². The molecule has 1 fully saturated rings. The van der Waals surface area contributed by atoms with Crippen molar-refractivity contribution in [1.29, 1.82) is 0 Å². The molecule has 2 amide bonds. The van der Waals surface area contributed by atoms with Crippen LogP contribution in [0.5, 0.6) is 5.75 Å². The van der Waals surface area contributed by atoms with Crippen molar-refractivity contribution in [2.24, 2.45) is 0 Å². The van der Waals surface area contributed by atoms with Crippen LogP contribution in [0.25, 0.3) is 0 Å². The Morgan fingerprint density at radius 2 is 2.00 bits per heavy atom. The minimum Gasteiger partial charge on any atom is -0.497 e. The third-order valence-electron chi connectivity index (χ3n) is 3.53. The van der Waals surface area contributed by atoms with Crippen molar-refractivity contribution in [2.45, 2.75) is 31.9 Å². The lowest BCUT2D eigenvalue weighted by Crippen LogP contribution is -2.37. The minimum atomic E-state index is -0.212. The van der Waals surface area contributed by atoms with E-state index in [-0.39, 0.29) is 24.5 Å². The van der Waals surface area contributed by atoms with Crippen molar-refractivity contribution in [3.63, 3.8) is 0 Å². The third kappa shape index (κ3) is 5.37. The fraction of sp³-hybridized carbons (Fsp3) is 0.500. The van der Waals surface area contributed by atoms with Crippen molar-refractivity contribution < 1.29 is 19.1 Å². The summed E-state index contributed by atoms with van der Waals surface area (Å²) in [5, 5.41) is 5.37. The van der Waals surface area contributed by atoms with Crippen molar-refractivity contribution in [2.75, 3.05) is 20.3 Å². The fourth-order valence-corrected chi connectivity index (χ4v) is 2.27. The molecule has 1 saturated heterocycles. The number of carbonyl (C=O) groups excluding carboxylic acids is 2. The molecule has 0 spiro atoms. The predicted molar refractivity (Wildman–Crippen MR) is 81.4 cm³/mol. The molecule has 1 aliphatic heterocycles. The van der Waals surface area contributed by atoms with Gasteiger partial charge in [-0.3, -0.25) is 9.59 Å². The maximum atomic E-state index is 11.7. The van der Waals surface area contributed by atoms with Gasteiger partial charge in [-0.15, -0.1) is 0 Å². The number of hydrogen-bond acceptors (Lipinski definition) is 4. The number of carbonyl (C=O) groups is 2. The highest BCUT2D eigenvalue weighted by molar-refractivity contribution is 5.84. The van der Waals surface area contributed by atoms with Crippen LogP contribution < -0.4 is 15.4 Å². The number of benzene rings is 1. The number of hydrogen-bond donors (Lipinski definition) is 2. The Morgan fingerprint density at radius 3 is 2.64 bits per heavy atom. The van der Waals surface area contributed by atoms with Gasteiger partial charge in [-0.1, -0.05) is 12.1 Å². The van der Waals surface area contributed by atoms with Gasteiger partial charge in [-0.05, 0) is 30.5 Å². The van der Waals surface area contributed by atoms with E-state index < -0.39 is 0 Å². The lowest BCUT2D eigenvalue weighted by atomic mass is 10.2. The van der Waals surface area contributed by atoms with Crippen LogP contribution in [0.2, 0.25) is 0 Å². The van der Waals surface area contributed by atoms with Gasteiger partial charge in [0.15, 0.2) is 0 Å². The monoisotopic (exact) mass is 306 g/mol. The van der Waals surface area contributed by atoms with Crippen LogP contribution in [0.3, 0.4) is 0 Å². The molecule has 1 aliphatic rings. The number of rotatable bonds is 7. The average Bonchev–Trinajstić information content (AvgIpc) is 3.04. The molecule has 22 heavy (non-hydrogen) atoms. The largest absolute Gasteiger partial charge is 0.497 e. The van der Waals surface area contributed by atoms with E-state index in [9.17, 15) is 9.59 Å². The van der Waals surface area contributed by atoms with Crippen molar-refractivity contribution in [1.82, 2.24) is 10.6 Å². The van der Waals surface area contributed by atoms with Crippen LogP contribution in [0.1, 0.15) is 24.8 Å². The lowest BCUT2D eigenvalue weighted by Gasteiger charge is -2.10. The van der Waals surface area contributed by atoms with Crippen molar-refractivity contribution in [3.05, 3.63) is 29.8 Å². The molecule has 0 radical (unpaired) electrons. The molecule has 6 heteroatoms. The SMILES string of the molecule is COc1ccc(CNC(=O)CNC(=O)C[C@H]2CCCO2)cc1. The molecule has 2 N–H and O–H groups in total. The van der Waals surface area contributed by atoms with E-state index >= 15 is 0 Å². The zero-order chi connectivity index (χ0) is 15.8. The van der Waals surface area contributed by atoms with E-state index in [1.165, 1.54) is 0 Å². The van der Waals surface area contributed by atoms with E-state index in [0.29, 0.717) is 13.0 Å². The summed E-state index contributed by atoms with van der Waals surface area (Å²) in [4.78, 5) is 23.4. The van der Waals surface area contributed by atoms with Crippen LogP contribution in [0.15, 0.2) is 24.3 Å². The van der Waals surface area contributed by atoms with Crippen LogP contribution >= 0.6 is 0 Å². The fourth-order valence-electron chi connectivity index (χ4n) is 2.27. The highest BCUT2D eigenvalue weighted by atomic mass is 16.5. The molecule has 0 aromatic heterocycles. The first-order valence-corrected chi connectivity index (χ1v) is 7.45. The molecule has 0 aliphatic carbocycles. The Kier molecular flexibility index (Phi) is 6.21. The molecule has 6 nitrogen and oxygen atoms in total. The number of amides is 2. The van der Waals surface area contributed by atoms with E-state index in [1.54, 1.807) is 7.11 Å². The molecular formula is C16H22N2O4.